The van der Waals surface area contributed by atoms with E-state index in [2.05, 4.69) is 15.4 Å². The van der Waals surface area contributed by atoms with Crippen LogP contribution in [0.5, 0.6) is 11.5 Å². The molecule has 3 aromatic rings. The molecule has 0 unspecified atom stereocenters. The first-order chi connectivity index (χ1) is 12.6. The predicted octanol–water partition coefficient (Wildman–Crippen LogP) is 0.565. The van der Waals surface area contributed by atoms with Gasteiger partial charge in [0.25, 0.3) is 5.56 Å². The van der Waals surface area contributed by atoms with Crippen LogP contribution in [-0.4, -0.2) is 32.0 Å². The van der Waals surface area contributed by atoms with Crippen LogP contribution in [0.2, 0.25) is 0 Å². The summed E-state index contributed by atoms with van der Waals surface area (Å²) in [5.41, 5.74) is 1.24. The van der Waals surface area contributed by atoms with Gasteiger partial charge in [0.2, 0.25) is 12.7 Å². The summed E-state index contributed by atoms with van der Waals surface area (Å²) in [5.74, 6) is 1.23. The molecule has 0 fully saturated rings. The quantitative estimate of drug-likeness (QED) is 0.718. The van der Waals surface area contributed by atoms with E-state index in [0.29, 0.717) is 29.1 Å². The molecule has 1 amide bonds. The Kier molecular flexibility index (Phi) is 4.04. The third-order valence-corrected chi connectivity index (χ3v) is 4.22. The molecule has 0 spiro atoms. The Balaban J connectivity index is 1.35. The Morgan fingerprint density at radius 3 is 3.04 bits per heavy atom. The van der Waals surface area contributed by atoms with Crippen LogP contribution in [0.15, 0.2) is 35.5 Å². The molecular weight excluding hydrogens is 338 g/mol. The van der Waals surface area contributed by atoms with Gasteiger partial charge in [0.15, 0.2) is 17.1 Å². The van der Waals surface area contributed by atoms with Crippen LogP contribution in [0.3, 0.4) is 0 Å². The third-order valence-electron chi connectivity index (χ3n) is 4.22. The molecule has 0 atom stereocenters. The van der Waals surface area contributed by atoms with E-state index in [1.165, 1.54) is 17.1 Å². The zero-order valence-electron chi connectivity index (χ0n) is 14.1. The van der Waals surface area contributed by atoms with Crippen molar-refractivity contribution in [3.8, 4) is 11.5 Å². The highest BCUT2D eigenvalue weighted by atomic mass is 16.7. The highest BCUT2D eigenvalue weighted by Crippen LogP contribution is 2.32. The van der Waals surface area contributed by atoms with Gasteiger partial charge >= 0.3 is 0 Å². The van der Waals surface area contributed by atoms with Crippen molar-refractivity contribution in [1.29, 1.82) is 0 Å². The fourth-order valence-corrected chi connectivity index (χ4v) is 2.79. The maximum Gasteiger partial charge on any atom is 0.264 e. The second-order valence-electron chi connectivity index (χ2n) is 5.96. The van der Waals surface area contributed by atoms with Crippen molar-refractivity contribution < 1.29 is 14.3 Å². The summed E-state index contributed by atoms with van der Waals surface area (Å²) < 4.78 is 13.5. The van der Waals surface area contributed by atoms with Gasteiger partial charge in [-0.3, -0.25) is 18.8 Å². The lowest BCUT2D eigenvalue weighted by molar-refractivity contribution is -0.121. The van der Waals surface area contributed by atoms with E-state index in [1.807, 2.05) is 18.2 Å². The summed E-state index contributed by atoms with van der Waals surface area (Å²) in [6, 6.07) is 5.53. The standard InChI is InChI=1S/C17H17N5O4/c1-21-16-12(8-20-21)17(24)22(9-19-16)5-4-15(23)18-7-11-2-3-13-14(6-11)26-10-25-13/h2-3,6,8-9H,4-5,7,10H2,1H3,(H,18,23). The molecule has 1 aliphatic heterocycles. The van der Waals surface area contributed by atoms with Gasteiger partial charge in [0.1, 0.15) is 5.39 Å². The number of aryl methyl sites for hydroxylation is 2. The van der Waals surface area contributed by atoms with Crippen molar-refractivity contribution in [3.63, 3.8) is 0 Å². The lowest BCUT2D eigenvalue weighted by Gasteiger charge is -2.08. The molecule has 4 rings (SSSR count). The normalized spacial score (nSPS) is 12.5. The molecule has 0 saturated carbocycles. The minimum absolute atomic E-state index is 0.152. The number of ether oxygens (including phenoxy) is 2. The summed E-state index contributed by atoms with van der Waals surface area (Å²) in [7, 11) is 1.72. The number of hydrogen-bond acceptors (Lipinski definition) is 6. The number of rotatable bonds is 5. The Bertz CT molecular complexity index is 1040. The van der Waals surface area contributed by atoms with Crippen molar-refractivity contribution in [2.24, 2.45) is 7.05 Å². The molecule has 0 aliphatic carbocycles. The number of hydrogen-bond donors (Lipinski definition) is 1. The molecule has 0 radical (unpaired) electrons. The summed E-state index contributed by atoms with van der Waals surface area (Å²) in [6.07, 6.45) is 3.11. The monoisotopic (exact) mass is 355 g/mol. The van der Waals surface area contributed by atoms with E-state index in [1.54, 1.807) is 11.7 Å². The highest BCUT2D eigenvalue weighted by molar-refractivity contribution is 5.76. The van der Waals surface area contributed by atoms with Crippen LogP contribution in [0.4, 0.5) is 0 Å². The van der Waals surface area contributed by atoms with E-state index < -0.39 is 0 Å². The molecule has 134 valence electrons. The van der Waals surface area contributed by atoms with Crippen LogP contribution in [0.1, 0.15) is 12.0 Å². The second kappa shape index (κ2) is 6.51. The first kappa shape index (κ1) is 16.1. The van der Waals surface area contributed by atoms with Gasteiger partial charge in [0.05, 0.1) is 12.5 Å². The first-order valence-electron chi connectivity index (χ1n) is 8.14. The maximum atomic E-state index is 12.4. The molecule has 0 bridgehead atoms. The summed E-state index contributed by atoms with van der Waals surface area (Å²) in [4.78, 5) is 28.6. The molecule has 1 aliphatic rings. The van der Waals surface area contributed by atoms with Crippen molar-refractivity contribution in [2.75, 3.05) is 6.79 Å². The number of carbonyl (C=O) groups is 1. The van der Waals surface area contributed by atoms with E-state index >= 15 is 0 Å². The van der Waals surface area contributed by atoms with Gasteiger partial charge in [-0.2, -0.15) is 5.10 Å². The third kappa shape index (κ3) is 2.99. The zero-order chi connectivity index (χ0) is 18.1. The highest BCUT2D eigenvalue weighted by Gasteiger charge is 2.14. The van der Waals surface area contributed by atoms with Crippen molar-refractivity contribution in [2.45, 2.75) is 19.5 Å². The van der Waals surface area contributed by atoms with Gasteiger partial charge in [-0.05, 0) is 17.7 Å². The summed E-state index contributed by atoms with van der Waals surface area (Å²) >= 11 is 0. The Labute approximate surface area is 148 Å². The van der Waals surface area contributed by atoms with Gasteiger partial charge < -0.3 is 14.8 Å². The molecule has 3 heterocycles. The molecule has 0 saturated heterocycles. The Morgan fingerprint density at radius 2 is 2.15 bits per heavy atom. The Morgan fingerprint density at radius 1 is 1.31 bits per heavy atom. The largest absolute Gasteiger partial charge is 0.454 e. The average molecular weight is 355 g/mol. The predicted molar refractivity (Wildman–Crippen MR) is 91.8 cm³/mol. The van der Waals surface area contributed by atoms with Crippen LogP contribution in [0, 0.1) is 0 Å². The molecule has 2 aromatic heterocycles. The number of fused-ring (bicyclic) bond motifs is 2. The number of nitrogens with one attached hydrogen (secondary N) is 1. The van der Waals surface area contributed by atoms with Crippen molar-refractivity contribution >= 4 is 16.9 Å². The Hall–Kier alpha value is -3.36. The minimum Gasteiger partial charge on any atom is -0.454 e. The second-order valence-corrected chi connectivity index (χ2v) is 5.96. The number of aromatic nitrogens is 4. The zero-order valence-corrected chi connectivity index (χ0v) is 14.1. The molecular formula is C17H17N5O4. The average Bonchev–Trinajstić information content (AvgIpc) is 3.26. The molecule has 1 N–H and O–H groups in total. The number of nitrogens with zero attached hydrogens (tertiary/aromatic N) is 4. The summed E-state index contributed by atoms with van der Waals surface area (Å²) in [6.45, 7) is 0.850. The smallest absolute Gasteiger partial charge is 0.264 e. The van der Waals surface area contributed by atoms with E-state index in [-0.39, 0.29) is 31.2 Å². The lowest BCUT2D eigenvalue weighted by atomic mass is 10.2. The number of carbonyl (C=O) groups excluding carboxylic acids is 1. The lowest BCUT2D eigenvalue weighted by Crippen LogP contribution is -2.27. The van der Waals surface area contributed by atoms with Crippen LogP contribution in [0.25, 0.3) is 11.0 Å². The van der Waals surface area contributed by atoms with Crippen LogP contribution < -0.4 is 20.3 Å². The van der Waals surface area contributed by atoms with E-state index in [9.17, 15) is 9.59 Å². The molecule has 9 heteroatoms. The SMILES string of the molecule is Cn1ncc2c(=O)n(CCC(=O)NCc3ccc4c(c3)OCO4)cnc21. The van der Waals surface area contributed by atoms with E-state index in [0.717, 1.165) is 5.56 Å². The van der Waals surface area contributed by atoms with Gasteiger partial charge in [-0.25, -0.2) is 4.98 Å². The molecule has 9 nitrogen and oxygen atoms in total. The van der Waals surface area contributed by atoms with Crippen molar-refractivity contribution in [1.82, 2.24) is 24.6 Å². The number of benzene rings is 1. The topological polar surface area (TPSA) is 100 Å². The fourth-order valence-electron chi connectivity index (χ4n) is 2.79. The van der Waals surface area contributed by atoms with Crippen molar-refractivity contribution in [3.05, 3.63) is 46.6 Å². The molecule has 26 heavy (non-hydrogen) atoms. The van der Waals surface area contributed by atoms with Crippen LogP contribution in [-0.2, 0) is 24.9 Å². The summed E-state index contributed by atoms with van der Waals surface area (Å²) in [5, 5.41) is 7.30. The van der Waals surface area contributed by atoms with Gasteiger partial charge in [-0.15, -0.1) is 0 Å². The first-order valence-corrected chi connectivity index (χ1v) is 8.14. The number of amides is 1. The van der Waals surface area contributed by atoms with Gasteiger partial charge in [0, 0.05) is 26.6 Å². The fraction of sp³-hybridized carbons (Fsp3) is 0.294. The van der Waals surface area contributed by atoms with E-state index in [4.69, 9.17) is 9.47 Å². The van der Waals surface area contributed by atoms with Crippen LogP contribution >= 0.6 is 0 Å². The maximum absolute atomic E-state index is 12.4. The molecule has 1 aromatic carbocycles. The van der Waals surface area contributed by atoms with Gasteiger partial charge in [-0.1, -0.05) is 6.07 Å². The minimum atomic E-state index is -0.202.